The molecule has 0 amide bonds. The van der Waals surface area contributed by atoms with E-state index in [1.807, 2.05) is 0 Å². The van der Waals surface area contributed by atoms with Gasteiger partial charge in [0.2, 0.25) is 0 Å². The third-order valence-corrected chi connectivity index (χ3v) is 4.18. The van der Waals surface area contributed by atoms with E-state index in [9.17, 15) is 0 Å². The smallest absolute Gasteiger partial charge is 0.0110 e. The SMILES string of the molecule is CC(CN)C(C)N1C2CCC1CC2. The van der Waals surface area contributed by atoms with Crippen LogP contribution >= 0.6 is 0 Å². The van der Waals surface area contributed by atoms with Gasteiger partial charge in [-0.2, -0.15) is 0 Å². The molecule has 2 bridgehead atoms. The van der Waals surface area contributed by atoms with Gasteiger partial charge in [0.25, 0.3) is 0 Å². The van der Waals surface area contributed by atoms with Crippen LogP contribution < -0.4 is 5.73 Å². The summed E-state index contributed by atoms with van der Waals surface area (Å²) in [5, 5.41) is 0. The summed E-state index contributed by atoms with van der Waals surface area (Å²) >= 11 is 0. The third-order valence-electron chi connectivity index (χ3n) is 4.18. The quantitative estimate of drug-likeness (QED) is 0.718. The zero-order valence-electron chi connectivity index (χ0n) is 8.87. The van der Waals surface area contributed by atoms with Crippen molar-refractivity contribution in [2.24, 2.45) is 11.7 Å². The largest absolute Gasteiger partial charge is 0.330 e. The van der Waals surface area contributed by atoms with E-state index < -0.39 is 0 Å². The zero-order chi connectivity index (χ0) is 9.42. The molecule has 76 valence electrons. The van der Waals surface area contributed by atoms with Crippen LogP contribution in [0.3, 0.4) is 0 Å². The number of nitrogens with zero attached hydrogens (tertiary/aromatic N) is 1. The molecule has 0 radical (unpaired) electrons. The lowest BCUT2D eigenvalue weighted by Gasteiger charge is -2.33. The van der Waals surface area contributed by atoms with E-state index in [2.05, 4.69) is 18.7 Å². The van der Waals surface area contributed by atoms with Gasteiger partial charge in [-0.05, 0) is 45.1 Å². The number of hydrogen-bond acceptors (Lipinski definition) is 2. The lowest BCUT2D eigenvalue weighted by molar-refractivity contribution is 0.145. The lowest BCUT2D eigenvalue weighted by Crippen LogP contribution is -2.43. The van der Waals surface area contributed by atoms with Crippen LogP contribution in [0.25, 0.3) is 0 Å². The molecule has 2 saturated heterocycles. The molecule has 2 nitrogen and oxygen atoms in total. The Balaban J connectivity index is 2.00. The Bertz CT molecular complexity index is 161. The lowest BCUT2D eigenvalue weighted by atomic mass is 10.0. The predicted molar refractivity (Wildman–Crippen MR) is 55.6 cm³/mol. The van der Waals surface area contributed by atoms with E-state index in [0.29, 0.717) is 12.0 Å². The van der Waals surface area contributed by atoms with Crippen molar-refractivity contribution in [1.82, 2.24) is 4.90 Å². The normalized spacial score (nSPS) is 38.1. The van der Waals surface area contributed by atoms with Gasteiger partial charge in [0.1, 0.15) is 0 Å². The highest BCUT2D eigenvalue weighted by Crippen LogP contribution is 2.39. The zero-order valence-corrected chi connectivity index (χ0v) is 8.87. The Labute approximate surface area is 81.5 Å². The molecule has 2 heterocycles. The first kappa shape index (κ1) is 9.47. The highest BCUT2D eigenvalue weighted by molar-refractivity contribution is 4.97. The minimum atomic E-state index is 0.654. The van der Waals surface area contributed by atoms with Gasteiger partial charge in [-0.3, -0.25) is 4.90 Å². The highest BCUT2D eigenvalue weighted by atomic mass is 15.3. The summed E-state index contributed by atoms with van der Waals surface area (Å²) in [6.07, 6.45) is 5.75. The van der Waals surface area contributed by atoms with Gasteiger partial charge in [0.15, 0.2) is 0 Å². The van der Waals surface area contributed by atoms with Crippen LogP contribution in [0.15, 0.2) is 0 Å². The molecule has 2 aliphatic heterocycles. The summed E-state index contributed by atoms with van der Waals surface area (Å²) in [7, 11) is 0. The average Bonchev–Trinajstić information content (AvgIpc) is 2.74. The maximum Gasteiger partial charge on any atom is 0.0110 e. The molecule has 2 unspecified atom stereocenters. The van der Waals surface area contributed by atoms with Crippen molar-refractivity contribution < 1.29 is 0 Å². The van der Waals surface area contributed by atoms with Crippen molar-refractivity contribution in [2.45, 2.75) is 57.7 Å². The second kappa shape index (κ2) is 3.58. The molecule has 2 atom stereocenters. The summed E-state index contributed by atoms with van der Waals surface area (Å²) < 4.78 is 0. The standard InChI is InChI=1S/C11H22N2/c1-8(7-12)9(2)13-10-3-4-11(13)6-5-10/h8-11H,3-7,12H2,1-2H3. The van der Waals surface area contributed by atoms with Gasteiger partial charge in [-0.25, -0.2) is 0 Å². The van der Waals surface area contributed by atoms with Gasteiger partial charge in [0, 0.05) is 18.1 Å². The van der Waals surface area contributed by atoms with Crippen molar-refractivity contribution in [2.75, 3.05) is 6.54 Å². The predicted octanol–water partition coefficient (Wildman–Crippen LogP) is 1.60. The summed E-state index contributed by atoms with van der Waals surface area (Å²) in [4.78, 5) is 2.75. The van der Waals surface area contributed by atoms with Crippen LogP contribution in [0.4, 0.5) is 0 Å². The molecule has 2 rings (SSSR count). The molecular formula is C11H22N2. The van der Waals surface area contributed by atoms with E-state index in [1.165, 1.54) is 25.7 Å². The Kier molecular flexibility index (Phi) is 2.61. The van der Waals surface area contributed by atoms with Crippen LogP contribution in [0.5, 0.6) is 0 Å². The molecule has 0 aromatic heterocycles. The Morgan fingerprint density at radius 3 is 2.00 bits per heavy atom. The second-order valence-corrected chi connectivity index (χ2v) is 4.86. The van der Waals surface area contributed by atoms with Crippen molar-refractivity contribution in [3.8, 4) is 0 Å². The third kappa shape index (κ3) is 1.50. The fraction of sp³-hybridized carbons (Fsp3) is 1.00. The second-order valence-electron chi connectivity index (χ2n) is 4.86. The molecule has 13 heavy (non-hydrogen) atoms. The van der Waals surface area contributed by atoms with Crippen LogP contribution in [-0.2, 0) is 0 Å². The van der Waals surface area contributed by atoms with E-state index in [1.54, 1.807) is 0 Å². The summed E-state index contributed by atoms with van der Waals surface area (Å²) in [6, 6.07) is 2.49. The topological polar surface area (TPSA) is 29.3 Å². The van der Waals surface area contributed by atoms with Crippen LogP contribution in [0.1, 0.15) is 39.5 Å². The van der Waals surface area contributed by atoms with Crippen LogP contribution in [0.2, 0.25) is 0 Å². The molecule has 2 fully saturated rings. The molecule has 0 aromatic rings. The van der Waals surface area contributed by atoms with Gasteiger partial charge in [0.05, 0.1) is 0 Å². The minimum absolute atomic E-state index is 0.654. The molecule has 0 spiro atoms. The van der Waals surface area contributed by atoms with Gasteiger partial charge in [-0.1, -0.05) is 6.92 Å². The first-order valence-electron chi connectivity index (χ1n) is 5.71. The molecule has 0 saturated carbocycles. The fourth-order valence-corrected chi connectivity index (χ4v) is 3.11. The number of nitrogens with two attached hydrogens (primary N) is 1. The number of hydrogen-bond donors (Lipinski definition) is 1. The molecule has 0 aromatic carbocycles. The molecule has 2 aliphatic rings. The Morgan fingerprint density at radius 2 is 1.62 bits per heavy atom. The number of fused-ring (bicyclic) bond motifs is 2. The highest BCUT2D eigenvalue weighted by Gasteiger charge is 2.42. The summed E-state index contributed by atoms with van der Waals surface area (Å²) in [5.74, 6) is 0.654. The molecule has 2 heteroatoms. The molecule has 2 N–H and O–H groups in total. The summed E-state index contributed by atoms with van der Waals surface area (Å²) in [6.45, 7) is 5.47. The van der Waals surface area contributed by atoms with Crippen molar-refractivity contribution in [3.63, 3.8) is 0 Å². The monoisotopic (exact) mass is 182 g/mol. The van der Waals surface area contributed by atoms with E-state index in [0.717, 1.165) is 18.6 Å². The van der Waals surface area contributed by atoms with Crippen molar-refractivity contribution >= 4 is 0 Å². The van der Waals surface area contributed by atoms with Crippen molar-refractivity contribution in [1.29, 1.82) is 0 Å². The van der Waals surface area contributed by atoms with Gasteiger partial charge in [-0.15, -0.1) is 0 Å². The Hall–Kier alpha value is -0.0800. The maximum absolute atomic E-state index is 5.73. The first-order valence-corrected chi connectivity index (χ1v) is 5.71. The minimum Gasteiger partial charge on any atom is -0.330 e. The first-order chi connectivity index (χ1) is 6.24. The molecule has 0 aliphatic carbocycles. The Morgan fingerprint density at radius 1 is 1.15 bits per heavy atom. The van der Waals surface area contributed by atoms with E-state index in [4.69, 9.17) is 5.73 Å². The average molecular weight is 182 g/mol. The molecular weight excluding hydrogens is 160 g/mol. The van der Waals surface area contributed by atoms with Crippen LogP contribution in [0, 0.1) is 5.92 Å². The number of rotatable bonds is 3. The fourth-order valence-electron chi connectivity index (χ4n) is 3.11. The van der Waals surface area contributed by atoms with E-state index >= 15 is 0 Å². The van der Waals surface area contributed by atoms with Gasteiger partial charge >= 0.3 is 0 Å². The van der Waals surface area contributed by atoms with E-state index in [-0.39, 0.29) is 0 Å². The maximum atomic E-state index is 5.73. The van der Waals surface area contributed by atoms with Gasteiger partial charge < -0.3 is 5.73 Å². The van der Waals surface area contributed by atoms with Crippen molar-refractivity contribution in [3.05, 3.63) is 0 Å². The summed E-state index contributed by atoms with van der Waals surface area (Å²) in [5.41, 5.74) is 5.73. The van der Waals surface area contributed by atoms with Crippen LogP contribution in [-0.4, -0.2) is 29.6 Å².